The van der Waals surface area contributed by atoms with Gasteiger partial charge in [-0.15, -0.1) is 0 Å². The van der Waals surface area contributed by atoms with E-state index < -0.39 is 0 Å². The minimum atomic E-state index is 0.0723. The van der Waals surface area contributed by atoms with Crippen LogP contribution in [0.2, 0.25) is 4.82 Å². The van der Waals surface area contributed by atoms with E-state index >= 15 is 0 Å². The number of nitrogens with zero attached hydrogens (tertiary/aromatic N) is 1. The molecule has 134 valence electrons. The first-order valence-corrected chi connectivity index (χ1v) is 10.7. The van der Waals surface area contributed by atoms with E-state index in [1.165, 1.54) is 10.0 Å². The zero-order chi connectivity index (χ0) is 17.6. The summed E-state index contributed by atoms with van der Waals surface area (Å²) in [5.41, 5.74) is 2.26. The van der Waals surface area contributed by atoms with Gasteiger partial charge >= 0.3 is 160 Å². The molecule has 0 unspecified atom stereocenters. The van der Waals surface area contributed by atoms with Crippen molar-refractivity contribution >= 4 is 19.4 Å². The van der Waals surface area contributed by atoms with Crippen LogP contribution >= 0.6 is 0 Å². The van der Waals surface area contributed by atoms with Crippen molar-refractivity contribution in [3.05, 3.63) is 84.4 Å². The van der Waals surface area contributed by atoms with E-state index in [2.05, 4.69) is 52.4 Å². The summed E-state index contributed by atoms with van der Waals surface area (Å²) >= 11 is 0.352. The molecule has 2 aromatic carbocycles. The van der Waals surface area contributed by atoms with Gasteiger partial charge in [-0.25, -0.2) is 0 Å². The molecule has 1 fully saturated rings. The second-order valence-corrected chi connectivity index (χ2v) is 9.15. The van der Waals surface area contributed by atoms with E-state index in [0.717, 1.165) is 12.1 Å². The van der Waals surface area contributed by atoms with E-state index in [-0.39, 0.29) is 12.2 Å². The van der Waals surface area contributed by atoms with E-state index in [4.69, 9.17) is 9.47 Å². The van der Waals surface area contributed by atoms with Gasteiger partial charge in [-0.05, 0) is 0 Å². The average Bonchev–Trinajstić information content (AvgIpc) is 3.33. The first kappa shape index (κ1) is 17.5. The first-order valence-electron chi connectivity index (χ1n) is 8.85. The van der Waals surface area contributed by atoms with Crippen molar-refractivity contribution in [2.75, 3.05) is 6.61 Å². The molecule has 26 heavy (non-hydrogen) atoms. The van der Waals surface area contributed by atoms with Gasteiger partial charge < -0.3 is 0 Å². The quantitative estimate of drug-likeness (QED) is 0.605. The average molecular weight is 413 g/mol. The van der Waals surface area contributed by atoms with E-state index in [1.54, 1.807) is 6.33 Å². The molecule has 1 N–H and O–H groups in total. The number of aromatic nitrogens is 2. The molecule has 1 aliphatic rings. The Balaban J connectivity index is 1.38. The second kappa shape index (κ2) is 8.65. The maximum absolute atomic E-state index is 6.35. The molecule has 0 saturated carbocycles. The van der Waals surface area contributed by atoms with Crippen LogP contribution in [0.25, 0.3) is 0 Å². The molecule has 0 spiro atoms. The van der Waals surface area contributed by atoms with Crippen LogP contribution in [0, 0.1) is 0 Å². The molecule has 4 nitrogen and oxygen atoms in total. The van der Waals surface area contributed by atoms with E-state index in [1.807, 2.05) is 24.4 Å². The Bertz CT molecular complexity index is 780. The molecule has 0 aliphatic carbocycles. The number of rotatable bonds is 7. The van der Waals surface area contributed by atoms with E-state index in [0.29, 0.717) is 33.0 Å². The number of ether oxygens (including phenoxy) is 2. The molecular formula is C21H22N2O2Se. The summed E-state index contributed by atoms with van der Waals surface area (Å²) in [6.07, 6.45) is 4.83. The number of hydrogen-bond donors (Lipinski definition) is 1. The SMILES string of the molecule is c1ccc(COC[C@H]2C[C@H]([Se]c3ccccc3)[C@@H](c3cnc[nH]3)O2)cc1. The third-order valence-electron chi connectivity index (χ3n) is 4.44. The summed E-state index contributed by atoms with van der Waals surface area (Å²) in [4.78, 5) is 7.89. The van der Waals surface area contributed by atoms with E-state index in [9.17, 15) is 0 Å². The number of hydrogen-bond acceptors (Lipinski definition) is 3. The van der Waals surface area contributed by atoms with Gasteiger partial charge in [-0.2, -0.15) is 0 Å². The summed E-state index contributed by atoms with van der Waals surface area (Å²) < 4.78 is 13.7. The van der Waals surface area contributed by atoms with Crippen molar-refractivity contribution < 1.29 is 9.47 Å². The molecule has 3 aromatic rings. The summed E-state index contributed by atoms with van der Waals surface area (Å²) in [7, 11) is 0. The summed E-state index contributed by atoms with van der Waals surface area (Å²) in [5.74, 6) is 0. The molecule has 3 atom stereocenters. The molecule has 0 amide bonds. The molecule has 1 aromatic heterocycles. The van der Waals surface area contributed by atoms with Crippen molar-refractivity contribution in [1.29, 1.82) is 0 Å². The summed E-state index contributed by atoms with van der Waals surface area (Å²) in [6.45, 7) is 1.25. The molecule has 0 radical (unpaired) electrons. The van der Waals surface area contributed by atoms with Crippen molar-refractivity contribution in [3.63, 3.8) is 0 Å². The summed E-state index contributed by atoms with van der Waals surface area (Å²) in [5, 5.41) is 0. The molecule has 1 saturated heterocycles. The Morgan fingerprint density at radius 3 is 2.58 bits per heavy atom. The number of nitrogens with one attached hydrogen (secondary N) is 1. The van der Waals surface area contributed by atoms with Crippen LogP contribution in [-0.4, -0.2) is 37.6 Å². The maximum atomic E-state index is 6.35. The van der Waals surface area contributed by atoms with Crippen LogP contribution in [-0.2, 0) is 16.1 Å². The van der Waals surface area contributed by atoms with Crippen LogP contribution in [0.3, 0.4) is 0 Å². The number of benzene rings is 2. The third kappa shape index (κ3) is 4.43. The predicted octanol–water partition coefficient (Wildman–Crippen LogP) is 3.27. The molecule has 1 aliphatic heterocycles. The molecule has 0 bridgehead atoms. The zero-order valence-electron chi connectivity index (χ0n) is 14.5. The zero-order valence-corrected chi connectivity index (χ0v) is 16.2. The van der Waals surface area contributed by atoms with Gasteiger partial charge in [0.15, 0.2) is 0 Å². The normalized spacial score (nSPS) is 22.5. The van der Waals surface area contributed by atoms with Gasteiger partial charge in [0.05, 0.1) is 0 Å². The Morgan fingerprint density at radius 1 is 1.08 bits per heavy atom. The fraction of sp³-hybridized carbons (Fsp3) is 0.286. The number of H-pyrrole nitrogens is 1. The van der Waals surface area contributed by atoms with Crippen LogP contribution in [0.15, 0.2) is 73.2 Å². The molecule has 4 rings (SSSR count). The predicted molar refractivity (Wildman–Crippen MR) is 102 cm³/mol. The fourth-order valence-electron chi connectivity index (χ4n) is 3.20. The van der Waals surface area contributed by atoms with Crippen LogP contribution in [0.4, 0.5) is 0 Å². The molecular weight excluding hydrogens is 391 g/mol. The van der Waals surface area contributed by atoms with Crippen LogP contribution in [0.1, 0.15) is 23.8 Å². The van der Waals surface area contributed by atoms with Crippen LogP contribution in [0.5, 0.6) is 0 Å². The van der Waals surface area contributed by atoms with Gasteiger partial charge in [0.1, 0.15) is 0 Å². The second-order valence-electron chi connectivity index (χ2n) is 6.39. The third-order valence-corrected chi connectivity index (χ3v) is 7.14. The van der Waals surface area contributed by atoms with Gasteiger partial charge in [0.2, 0.25) is 0 Å². The topological polar surface area (TPSA) is 47.1 Å². The summed E-state index contributed by atoms with van der Waals surface area (Å²) in [6, 6.07) is 21.0. The Hall–Kier alpha value is -1.91. The monoisotopic (exact) mass is 414 g/mol. The Morgan fingerprint density at radius 2 is 1.85 bits per heavy atom. The first-order chi connectivity index (χ1) is 12.9. The standard InChI is InChI=1S/C21H22N2O2Se/c1-3-7-16(8-4-1)13-24-14-17-11-20(26-18-9-5-2-6-10-18)21(25-17)19-12-22-15-23-19/h1-10,12,15,17,20-21H,11,13-14H2,(H,22,23)/t17-,20+,21-/m1/s1. The van der Waals surface area contributed by atoms with Gasteiger partial charge in [0.25, 0.3) is 0 Å². The van der Waals surface area contributed by atoms with Crippen molar-refractivity contribution in [3.8, 4) is 0 Å². The van der Waals surface area contributed by atoms with Crippen LogP contribution < -0.4 is 4.46 Å². The van der Waals surface area contributed by atoms with Crippen molar-refractivity contribution in [1.82, 2.24) is 9.97 Å². The number of aromatic amines is 1. The Labute approximate surface area is 160 Å². The molecule has 5 heteroatoms. The van der Waals surface area contributed by atoms with Gasteiger partial charge in [0, 0.05) is 0 Å². The van der Waals surface area contributed by atoms with Crippen molar-refractivity contribution in [2.45, 2.75) is 30.1 Å². The van der Waals surface area contributed by atoms with Gasteiger partial charge in [-0.1, -0.05) is 0 Å². The number of imidazole rings is 1. The molecule has 2 heterocycles. The minimum absolute atomic E-state index is 0.0723. The Kier molecular flexibility index (Phi) is 5.82. The van der Waals surface area contributed by atoms with Crippen molar-refractivity contribution in [2.24, 2.45) is 0 Å². The van der Waals surface area contributed by atoms with Gasteiger partial charge in [-0.3, -0.25) is 0 Å². The fourth-order valence-corrected chi connectivity index (χ4v) is 5.95.